The standard InChI is InChI=1S/C10H19O4/c1-3-10(7-11,8-12)6-4-5-9(13)14-2/h11-12H,1,3-8H2,2H3. The largest absolute Gasteiger partial charge is 0.469 e. The maximum Gasteiger partial charge on any atom is 0.305 e. The van der Waals surface area contributed by atoms with E-state index in [2.05, 4.69) is 11.7 Å². The van der Waals surface area contributed by atoms with Crippen LogP contribution in [0.2, 0.25) is 0 Å². The van der Waals surface area contributed by atoms with E-state index in [4.69, 9.17) is 10.2 Å². The van der Waals surface area contributed by atoms with E-state index >= 15 is 0 Å². The second-order valence-electron chi connectivity index (χ2n) is 3.50. The molecule has 0 aliphatic heterocycles. The van der Waals surface area contributed by atoms with Gasteiger partial charge < -0.3 is 14.9 Å². The summed E-state index contributed by atoms with van der Waals surface area (Å²) in [6.07, 6.45) is 1.96. The van der Waals surface area contributed by atoms with Gasteiger partial charge in [0, 0.05) is 11.8 Å². The zero-order chi connectivity index (χ0) is 11.0. The van der Waals surface area contributed by atoms with Crippen LogP contribution in [0.25, 0.3) is 0 Å². The third-order valence-electron chi connectivity index (χ3n) is 2.52. The molecule has 0 aromatic carbocycles. The SMILES string of the molecule is [CH2]CC(CO)(CO)CCCC(=O)OC. The number of aliphatic hydroxyl groups excluding tert-OH is 2. The average molecular weight is 203 g/mol. The fourth-order valence-corrected chi connectivity index (χ4v) is 1.20. The molecule has 0 heterocycles. The number of esters is 1. The van der Waals surface area contributed by atoms with Crippen molar-refractivity contribution in [1.29, 1.82) is 0 Å². The second-order valence-corrected chi connectivity index (χ2v) is 3.50. The molecule has 0 spiro atoms. The summed E-state index contributed by atoms with van der Waals surface area (Å²) in [5, 5.41) is 18.2. The summed E-state index contributed by atoms with van der Waals surface area (Å²) in [7, 11) is 1.34. The molecule has 0 aromatic heterocycles. The summed E-state index contributed by atoms with van der Waals surface area (Å²) < 4.78 is 4.49. The maximum absolute atomic E-state index is 10.8. The molecule has 0 saturated carbocycles. The van der Waals surface area contributed by atoms with E-state index in [0.29, 0.717) is 25.7 Å². The Kier molecular flexibility index (Phi) is 6.49. The fourth-order valence-electron chi connectivity index (χ4n) is 1.20. The predicted molar refractivity (Wildman–Crippen MR) is 52.4 cm³/mol. The van der Waals surface area contributed by atoms with Crippen molar-refractivity contribution < 1.29 is 19.7 Å². The van der Waals surface area contributed by atoms with Gasteiger partial charge in [-0.15, -0.1) is 0 Å². The van der Waals surface area contributed by atoms with Crippen LogP contribution in [0.4, 0.5) is 0 Å². The first kappa shape index (κ1) is 13.4. The molecule has 0 aromatic rings. The molecule has 0 atom stereocenters. The molecule has 83 valence electrons. The van der Waals surface area contributed by atoms with Gasteiger partial charge >= 0.3 is 5.97 Å². The molecule has 2 N–H and O–H groups in total. The molecule has 0 aliphatic carbocycles. The van der Waals surface area contributed by atoms with Crippen molar-refractivity contribution in [3.63, 3.8) is 0 Å². The Labute approximate surface area is 84.9 Å². The summed E-state index contributed by atoms with van der Waals surface area (Å²) in [4.78, 5) is 10.8. The number of methoxy groups -OCH3 is 1. The molecule has 0 saturated heterocycles. The minimum atomic E-state index is -0.548. The topological polar surface area (TPSA) is 66.8 Å². The van der Waals surface area contributed by atoms with E-state index in [1.54, 1.807) is 0 Å². The van der Waals surface area contributed by atoms with Gasteiger partial charge in [-0.05, 0) is 19.3 Å². The van der Waals surface area contributed by atoms with E-state index in [0.717, 1.165) is 0 Å². The van der Waals surface area contributed by atoms with Crippen molar-refractivity contribution in [3.8, 4) is 0 Å². The molecule has 14 heavy (non-hydrogen) atoms. The number of rotatable bonds is 7. The second kappa shape index (κ2) is 6.79. The molecule has 0 fully saturated rings. The Morgan fingerprint density at radius 2 is 2.00 bits per heavy atom. The van der Waals surface area contributed by atoms with Gasteiger partial charge in [-0.1, -0.05) is 6.92 Å². The van der Waals surface area contributed by atoms with Crippen molar-refractivity contribution in [2.24, 2.45) is 5.41 Å². The lowest BCUT2D eigenvalue weighted by atomic mass is 9.82. The number of carbonyl (C=O) groups excluding carboxylic acids is 1. The first-order valence-electron chi connectivity index (χ1n) is 4.72. The predicted octanol–water partition coefficient (Wildman–Crippen LogP) is 0.525. The molecule has 0 rings (SSSR count). The Morgan fingerprint density at radius 1 is 1.43 bits per heavy atom. The summed E-state index contributed by atoms with van der Waals surface area (Å²) in [5.74, 6) is -0.265. The van der Waals surface area contributed by atoms with Crippen LogP contribution in [0.1, 0.15) is 25.7 Å². The van der Waals surface area contributed by atoms with Gasteiger partial charge in [0.05, 0.1) is 20.3 Å². The average Bonchev–Trinajstić information content (AvgIpc) is 2.25. The van der Waals surface area contributed by atoms with Crippen LogP contribution in [0, 0.1) is 12.3 Å². The third-order valence-corrected chi connectivity index (χ3v) is 2.52. The molecule has 1 radical (unpaired) electrons. The molecule has 4 nitrogen and oxygen atoms in total. The minimum Gasteiger partial charge on any atom is -0.469 e. The van der Waals surface area contributed by atoms with Crippen LogP contribution in [0.5, 0.6) is 0 Å². The number of ether oxygens (including phenoxy) is 1. The highest BCUT2D eigenvalue weighted by atomic mass is 16.5. The van der Waals surface area contributed by atoms with E-state index in [-0.39, 0.29) is 19.2 Å². The molecule has 0 unspecified atom stereocenters. The minimum absolute atomic E-state index is 0.103. The van der Waals surface area contributed by atoms with E-state index < -0.39 is 5.41 Å². The first-order chi connectivity index (χ1) is 6.64. The van der Waals surface area contributed by atoms with Crippen molar-refractivity contribution in [2.75, 3.05) is 20.3 Å². The van der Waals surface area contributed by atoms with Gasteiger partial charge in [0.25, 0.3) is 0 Å². The Bertz CT molecular complexity index is 155. The van der Waals surface area contributed by atoms with Crippen molar-refractivity contribution in [1.82, 2.24) is 0 Å². The van der Waals surface area contributed by atoms with Crippen LogP contribution in [-0.2, 0) is 9.53 Å². The highest BCUT2D eigenvalue weighted by Gasteiger charge is 2.26. The van der Waals surface area contributed by atoms with Crippen molar-refractivity contribution in [2.45, 2.75) is 25.7 Å². The monoisotopic (exact) mass is 203 g/mol. The zero-order valence-electron chi connectivity index (χ0n) is 8.66. The van der Waals surface area contributed by atoms with Crippen molar-refractivity contribution >= 4 is 5.97 Å². The number of carbonyl (C=O) groups is 1. The molecule has 0 aliphatic rings. The van der Waals surface area contributed by atoms with Gasteiger partial charge in [0.1, 0.15) is 0 Å². The fraction of sp³-hybridized carbons (Fsp3) is 0.800. The Hall–Kier alpha value is -0.610. The lowest BCUT2D eigenvalue weighted by Gasteiger charge is -2.27. The van der Waals surface area contributed by atoms with Gasteiger partial charge in [0.2, 0.25) is 0 Å². The zero-order valence-corrected chi connectivity index (χ0v) is 8.66. The maximum atomic E-state index is 10.8. The van der Waals surface area contributed by atoms with Crippen LogP contribution in [0.3, 0.4) is 0 Å². The lowest BCUT2D eigenvalue weighted by Crippen LogP contribution is -2.29. The highest BCUT2D eigenvalue weighted by molar-refractivity contribution is 5.68. The molecular formula is C10H19O4. The number of hydrogen-bond donors (Lipinski definition) is 2. The quantitative estimate of drug-likeness (QED) is 0.592. The smallest absolute Gasteiger partial charge is 0.305 e. The summed E-state index contributed by atoms with van der Waals surface area (Å²) in [5.41, 5.74) is -0.548. The molecule has 0 amide bonds. The van der Waals surface area contributed by atoms with Gasteiger partial charge in [0.15, 0.2) is 0 Å². The Morgan fingerprint density at radius 3 is 2.36 bits per heavy atom. The van der Waals surface area contributed by atoms with E-state index in [1.165, 1.54) is 7.11 Å². The first-order valence-corrected chi connectivity index (χ1v) is 4.72. The summed E-state index contributed by atoms with van der Waals surface area (Å²) >= 11 is 0. The van der Waals surface area contributed by atoms with Crippen LogP contribution < -0.4 is 0 Å². The highest BCUT2D eigenvalue weighted by Crippen LogP contribution is 2.27. The summed E-state index contributed by atoms with van der Waals surface area (Å²) in [6, 6.07) is 0. The van der Waals surface area contributed by atoms with Crippen LogP contribution in [0.15, 0.2) is 0 Å². The summed E-state index contributed by atoms with van der Waals surface area (Å²) in [6.45, 7) is 3.48. The number of hydrogen-bond acceptors (Lipinski definition) is 4. The Balaban J connectivity index is 3.88. The molecule has 0 bridgehead atoms. The van der Waals surface area contributed by atoms with E-state index in [9.17, 15) is 4.79 Å². The lowest BCUT2D eigenvalue weighted by molar-refractivity contribution is -0.140. The van der Waals surface area contributed by atoms with Gasteiger partial charge in [-0.2, -0.15) is 0 Å². The van der Waals surface area contributed by atoms with Crippen molar-refractivity contribution in [3.05, 3.63) is 6.92 Å². The van der Waals surface area contributed by atoms with E-state index in [1.807, 2.05) is 0 Å². The molecular weight excluding hydrogens is 184 g/mol. The van der Waals surface area contributed by atoms with Gasteiger partial charge in [-0.3, -0.25) is 4.79 Å². The van der Waals surface area contributed by atoms with Crippen LogP contribution in [-0.4, -0.2) is 36.5 Å². The number of aliphatic hydroxyl groups is 2. The van der Waals surface area contributed by atoms with Gasteiger partial charge in [-0.25, -0.2) is 0 Å². The third kappa shape index (κ3) is 4.07. The normalized spacial score (nSPS) is 11.4. The van der Waals surface area contributed by atoms with Crippen LogP contribution >= 0.6 is 0 Å². The molecule has 4 heteroatoms.